The molecular weight excluding hydrogens is 310 g/mol. The number of amides is 1. The van der Waals surface area contributed by atoms with Crippen molar-refractivity contribution in [1.29, 1.82) is 0 Å². The number of aromatic nitrogens is 2. The molecule has 0 unspecified atom stereocenters. The van der Waals surface area contributed by atoms with Gasteiger partial charge in [0, 0.05) is 24.5 Å². The number of benzene rings is 1. The Morgan fingerprint density at radius 2 is 2.00 bits per heavy atom. The summed E-state index contributed by atoms with van der Waals surface area (Å²) in [5.74, 6) is 2.23. The van der Waals surface area contributed by atoms with Crippen LogP contribution in [0.1, 0.15) is 29.8 Å². The van der Waals surface area contributed by atoms with Crippen LogP contribution in [0.2, 0.25) is 0 Å². The third kappa shape index (κ3) is 3.58. The first-order valence-corrected chi connectivity index (χ1v) is 9.28. The highest BCUT2D eigenvalue weighted by atomic mass is 16.2. The average molecular weight is 335 g/mol. The molecule has 25 heavy (non-hydrogen) atoms. The molecule has 2 fully saturated rings. The highest BCUT2D eigenvalue weighted by molar-refractivity contribution is 5.79. The molecule has 1 aromatic heterocycles. The summed E-state index contributed by atoms with van der Waals surface area (Å²) < 4.78 is 0. The number of nitrogens with zero attached hydrogens (tertiary/aromatic N) is 3. The topological polar surface area (TPSA) is 46.1 Å². The van der Waals surface area contributed by atoms with Gasteiger partial charge in [0.15, 0.2) is 0 Å². The highest BCUT2D eigenvalue weighted by Gasteiger charge is 2.43. The van der Waals surface area contributed by atoms with Gasteiger partial charge in [-0.15, -0.1) is 0 Å². The van der Waals surface area contributed by atoms with Crippen LogP contribution in [-0.2, 0) is 17.6 Å². The normalized spacial score (nSPS) is 25.2. The Bertz CT molecular complexity index is 746. The summed E-state index contributed by atoms with van der Waals surface area (Å²) in [6.07, 6.45) is 5.72. The van der Waals surface area contributed by atoms with E-state index in [0.717, 1.165) is 36.5 Å². The van der Waals surface area contributed by atoms with Gasteiger partial charge >= 0.3 is 0 Å². The molecule has 1 saturated carbocycles. The van der Waals surface area contributed by atoms with Gasteiger partial charge in [-0.1, -0.05) is 30.3 Å². The van der Waals surface area contributed by atoms with Crippen molar-refractivity contribution in [2.75, 3.05) is 13.1 Å². The van der Waals surface area contributed by atoms with E-state index >= 15 is 0 Å². The van der Waals surface area contributed by atoms with Gasteiger partial charge in [0.1, 0.15) is 6.33 Å². The van der Waals surface area contributed by atoms with E-state index in [1.165, 1.54) is 12.8 Å². The lowest BCUT2D eigenvalue weighted by atomic mass is 9.89. The van der Waals surface area contributed by atoms with Crippen LogP contribution in [0.15, 0.2) is 42.7 Å². The minimum atomic E-state index is 0.275. The van der Waals surface area contributed by atoms with Gasteiger partial charge in [-0.2, -0.15) is 0 Å². The Hall–Kier alpha value is -2.23. The van der Waals surface area contributed by atoms with Crippen LogP contribution in [0.5, 0.6) is 0 Å². The summed E-state index contributed by atoms with van der Waals surface area (Å²) in [4.78, 5) is 23.4. The molecule has 1 amide bonds. The summed E-state index contributed by atoms with van der Waals surface area (Å²) in [6, 6.07) is 12.2. The Morgan fingerprint density at radius 1 is 1.16 bits per heavy atom. The van der Waals surface area contributed by atoms with Crippen molar-refractivity contribution in [2.45, 2.75) is 32.6 Å². The molecule has 4 nitrogen and oxygen atoms in total. The summed E-state index contributed by atoms with van der Waals surface area (Å²) in [5, 5.41) is 0. The predicted octanol–water partition coefficient (Wildman–Crippen LogP) is 3.05. The average Bonchev–Trinajstić information content (AvgIpc) is 3.18. The second kappa shape index (κ2) is 6.95. The first-order valence-electron chi connectivity index (χ1n) is 9.28. The van der Waals surface area contributed by atoms with E-state index in [9.17, 15) is 4.79 Å². The zero-order valence-electron chi connectivity index (χ0n) is 14.8. The Morgan fingerprint density at radius 3 is 2.80 bits per heavy atom. The van der Waals surface area contributed by atoms with Gasteiger partial charge in [-0.05, 0) is 55.6 Å². The maximum Gasteiger partial charge on any atom is 0.227 e. The quantitative estimate of drug-likeness (QED) is 0.863. The van der Waals surface area contributed by atoms with Gasteiger partial charge in [0.2, 0.25) is 5.91 Å². The molecule has 0 spiro atoms. The molecular formula is C21H25N3O. The number of likely N-dealkylation sites (tertiary alicyclic amines) is 1. The number of hydrogen-bond donors (Lipinski definition) is 0. The molecule has 2 aliphatic rings. The molecule has 1 aromatic carbocycles. The zero-order chi connectivity index (χ0) is 17.2. The van der Waals surface area contributed by atoms with Crippen molar-refractivity contribution in [3.8, 4) is 0 Å². The van der Waals surface area contributed by atoms with Crippen molar-refractivity contribution in [2.24, 2.45) is 17.8 Å². The molecule has 2 heterocycles. The molecule has 1 aliphatic heterocycles. The van der Waals surface area contributed by atoms with Crippen molar-refractivity contribution >= 4 is 5.91 Å². The molecule has 130 valence electrons. The molecule has 4 heteroatoms. The van der Waals surface area contributed by atoms with E-state index in [1.54, 1.807) is 6.33 Å². The highest BCUT2D eigenvalue weighted by Crippen LogP contribution is 2.43. The number of rotatable bonds is 4. The fraction of sp³-hybridized carbons (Fsp3) is 0.476. The van der Waals surface area contributed by atoms with Gasteiger partial charge in [-0.25, -0.2) is 9.97 Å². The summed E-state index contributed by atoms with van der Waals surface area (Å²) >= 11 is 0. The number of fused-ring (bicyclic) bond motifs is 1. The summed E-state index contributed by atoms with van der Waals surface area (Å²) in [5.41, 5.74) is 3.29. The second-order valence-corrected chi connectivity index (χ2v) is 7.58. The number of carbonyl (C=O) groups excluding carboxylic acids is 1. The molecule has 3 atom stereocenters. The van der Waals surface area contributed by atoms with E-state index in [2.05, 4.69) is 20.9 Å². The number of carbonyl (C=O) groups is 1. The first-order chi connectivity index (χ1) is 12.2. The number of hydrogen-bond acceptors (Lipinski definition) is 3. The lowest BCUT2D eigenvalue weighted by Gasteiger charge is -2.21. The smallest absolute Gasteiger partial charge is 0.227 e. The van der Waals surface area contributed by atoms with Crippen molar-refractivity contribution in [1.82, 2.24) is 14.9 Å². The lowest BCUT2D eigenvalue weighted by molar-refractivity contribution is -0.129. The van der Waals surface area contributed by atoms with E-state index in [4.69, 9.17) is 0 Å². The van der Waals surface area contributed by atoms with Crippen LogP contribution in [0.4, 0.5) is 0 Å². The van der Waals surface area contributed by atoms with Crippen LogP contribution in [0.25, 0.3) is 0 Å². The van der Waals surface area contributed by atoms with E-state index in [-0.39, 0.29) is 5.91 Å². The van der Waals surface area contributed by atoms with E-state index in [1.807, 2.05) is 37.3 Å². The number of aryl methyl sites for hydroxylation is 1. The van der Waals surface area contributed by atoms with E-state index < -0.39 is 0 Å². The van der Waals surface area contributed by atoms with Crippen molar-refractivity contribution in [3.05, 3.63) is 59.7 Å². The lowest BCUT2D eigenvalue weighted by Crippen LogP contribution is -2.31. The van der Waals surface area contributed by atoms with Crippen LogP contribution >= 0.6 is 0 Å². The monoisotopic (exact) mass is 335 g/mol. The third-order valence-corrected chi connectivity index (χ3v) is 5.89. The maximum atomic E-state index is 12.7. The van der Waals surface area contributed by atoms with Gasteiger partial charge in [-0.3, -0.25) is 4.79 Å². The molecule has 1 aliphatic carbocycles. The predicted molar refractivity (Wildman–Crippen MR) is 96.9 cm³/mol. The molecule has 2 aromatic rings. The molecule has 0 radical (unpaired) electrons. The van der Waals surface area contributed by atoms with Crippen LogP contribution in [0.3, 0.4) is 0 Å². The first kappa shape index (κ1) is 16.2. The van der Waals surface area contributed by atoms with Gasteiger partial charge in [0.05, 0.1) is 6.42 Å². The van der Waals surface area contributed by atoms with Crippen molar-refractivity contribution < 1.29 is 4.79 Å². The van der Waals surface area contributed by atoms with Crippen molar-refractivity contribution in [3.63, 3.8) is 0 Å². The zero-order valence-corrected chi connectivity index (χ0v) is 14.8. The molecule has 0 N–H and O–H groups in total. The Kier molecular flexibility index (Phi) is 4.51. The third-order valence-electron chi connectivity index (χ3n) is 5.89. The molecule has 4 rings (SSSR count). The van der Waals surface area contributed by atoms with Crippen LogP contribution in [-0.4, -0.2) is 33.9 Å². The SMILES string of the molecule is Cc1cc(C[C@H]2CC[C@@H]3CN(C(=O)Cc4ccccc4)C[C@H]23)ncn1. The Labute approximate surface area is 149 Å². The van der Waals surface area contributed by atoms with Crippen LogP contribution < -0.4 is 0 Å². The minimum Gasteiger partial charge on any atom is -0.342 e. The van der Waals surface area contributed by atoms with Gasteiger partial charge in [0.25, 0.3) is 0 Å². The maximum absolute atomic E-state index is 12.7. The largest absolute Gasteiger partial charge is 0.342 e. The van der Waals surface area contributed by atoms with Crippen LogP contribution in [0, 0.1) is 24.7 Å². The van der Waals surface area contributed by atoms with Gasteiger partial charge < -0.3 is 4.90 Å². The van der Waals surface area contributed by atoms with E-state index in [0.29, 0.717) is 24.2 Å². The fourth-order valence-corrected chi connectivity index (χ4v) is 4.61. The standard InChI is InChI=1S/C21H25N3O/c1-15-9-19(23-14-22-15)11-17-7-8-18-12-24(13-20(17)18)21(25)10-16-5-3-2-4-6-16/h2-6,9,14,17-18,20H,7-8,10-13H2,1H3/t17-,18-,20-/m1/s1. The fourth-order valence-electron chi connectivity index (χ4n) is 4.61. The molecule has 0 bridgehead atoms. The Balaban J connectivity index is 1.38. The minimum absolute atomic E-state index is 0.275. The second-order valence-electron chi connectivity index (χ2n) is 7.58. The summed E-state index contributed by atoms with van der Waals surface area (Å²) in [7, 11) is 0. The molecule has 1 saturated heterocycles. The summed E-state index contributed by atoms with van der Waals surface area (Å²) in [6.45, 7) is 3.88.